The Kier molecular flexibility index (Phi) is 7.60. The third-order valence-electron chi connectivity index (χ3n) is 4.23. The van der Waals surface area contributed by atoms with Crippen LogP contribution in [0.15, 0.2) is 47.6 Å². The van der Waals surface area contributed by atoms with Crippen molar-refractivity contribution in [3.05, 3.63) is 59.2 Å². The molecule has 2 aromatic rings. The van der Waals surface area contributed by atoms with Crippen molar-refractivity contribution in [2.24, 2.45) is 5.10 Å². The Morgan fingerprint density at radius 3 is 2.31 bits per heavy atom. The van der Waals surface area contributed by atoms with Crippen molar-refractivity contribution in [1.82, 2.24) is 5.43 Å². The maximum Gasteiger partial charge on any atom is 0.191 e. The van der Waals surface area contributed by atoms with Crippen LogP contribution in [-0.2, 0) is 0 Å². The number of nitrogens with zero attached hydrogens (tertiary/aromatic N) is 2. The molecule has 138 valence electrons. The summed E-state index contributed by atoms with van der Waals surface area (Å²) in [6, 6.07) is 14.6. The average molecular weight is 369 g/mol. The molecule has 2 rings (SSSR count). The second kappa shape index (κ2) is 9.92. The number of para-hydroxylation sites is 1. The molecule has 0 amide bonds. The van der Waals surface area contributed by atoms with Gasteiger partial charge in [0.25, 0.3) is 0 Å². The zero-order valence-electron chi connectivity index (χ0n) is 16.0. The number of hydrogen-bond donors (Lipinski definition) is 2. The highest BCUT2D eigenvalue weighted by Gasteiger charge is 2.04. The van der Waals surface area contributed by atoms with Gasteiger partial charge < -0.3 is 10.2 Å². The molecule has 0 unspecified atom stereocenters. The van der Waals surface area contributed by atoms with Crippen LogP contribution >= 0.6 is 12.2 Å². The molecular formula is C21H28N4S. The first-order valence-electron chi connectivity index (χ1n) is 9.06. The fraction of sp³-hybridized carbons (Fsp3) is 0.333. The molecule has 0 aliphatic heterocycles. The number of thiocarbonyl (C=S) groups is 1. The number of nitrogens with one attached hydrogen (secondary N) is 2. The molecule has 0 saturated heterocycles. The van der Waals surface area contributed by atoms with Gasteiger partial charge in [0.05, 0.1) is 6.21 Å². The lowest BCUT2D eigenvalue weighted by atomic mass is 10.1. The fourth-order valence-electron chi connectivity index (χ4n) is 2.83. The Labute approximate surface area is 162 Å². The van der Waals surface area contributed by atoms with Crippen LogP contribution in [-0.4, -0.2) is 24.4 Å². The molecule has 4 nitrogen and oxygen atoms in total. The molecule has 0 bridgehead atoms. The molecule has 0 spiro atoms. The molecule has 0 radical (unpaired) electrons. The van der Waals surface area contributed by atoms with E-state index >= 15 is 0 Å². The fourth-order valence-corrected chi connectivity index (χ4v) is 2.98. The minimum Gasteiger partial charge on any atom is -0.372 e. The summed E-state index contributed by atoms with van der Waals surface area (Å²) in [4.78, 5) is 2.36. The molecule has 0 heterocycles. The molecule has 26 heavy (non-hydrogen) atoms. The molecule has 0 aliphatic carbocycles. The first-order chi connectivity index (χ1) is 12.5. The molecule has 2 aromatic carbocycles. The summed E-state index contributed by atoms with van der Waals surface area (Å²) < 4.78 is 0. The topological polar surface area (TPSA) is 39.7 Å². The quantitative estimate of drug-likeness (QED) is 0.416. The van der Waals surface area contributed by atoms with Crippen molar-refractivity contribution in [2.45, 2.75) is 34.1 Å². The highest BCUT2D eigenvalue weighted by molar-refractivity contribution is 7.80. The van der Waals surface area contributed by atoms with Gasteiger partial charge in [-0.05, 0) is 68.2 Å². The van der Waals surface area contributed by atoms with Crippen LogP contribution in [0.2, 0.25) is 0 Å². The van der Waals surface area contributed by atoms with Gasteiger partial charge in [-0.1, -0.05) is 37.3 Å². The first-order valence-corrected chi connectivity index (χ1v) is 9.47. The van der Waals surface area contributed by atoms with E-state index in [1.807, 2.05) is 6.07 Å². The van der Waals surface area contributed by atoms with Gasteiger partial charge in [0.15, 0.2) is 5.11 Å². The third-order valence-corrected chi connectivity index (χ3v) is 4.43. The van der Waals surface area contributed by atoms with Crippen LogP contribution in [0.5, 0.6) is 0 Å². The van der Waals surface area contributed by atoms with Crippen LogP contribution in [0.4, 0.5) is 11.4 Å². The number of hydrazone groups is 1. The second-order valence-electron chi connectivity index (χ2n) is 6.26. The normalized spacial score (nSPS) is 10.8. The molecule has 0 aliphatic rings. The third kappa shape index (κ3) is 5.56. The van der Waals surface area contributed by atoms with Crippen molar-refractivity contribution in [3.63, 3.8) is 0 Å². The minimum atomic E-state index is 0.482. The summed E-state index contributed by atoms with van der Waals surface area (Å²) >= 11 is 5.33. The number of rotatable bonds is 7. The Balaban J connectivity index is 1.92. The Morgan fingerprint density at radius 2 is 1.73 bits per heavy atom. The summed E-state index contributed by atoms with van der Waals surface area (Å²) in [6.45, 7) is 10.6. The van der Waals surface area contributed by atoms with Gasteiger partial charge in [-0.2, -0.15) is 5.10 Å². The van der Waals surface area contributed by atoms with Gasteiger partial charge in [-0.15, -0.1) is 0 Å². The van der Waals surface area contributed by atoms with E-state index in [4.69, 9.17) is 12.2 Å². The van der Waals surface area contributed by atoms with E-state index in [2.05, 4.69) is 84.8 Å². The smallest absolute Gasteiger partial charge is 0.191 e. The van der Waals surface area contributed by atoms with Crippen LogP contribution in [0.3, 0.4) is 0 Å². The zero-order valence-corrected chi connectivity index (χ0v) is 16.9. The average Bonchev–Trinajstić information content (AvgIpc) is 2.63. The van der Waals surface area contributed by atoms with Gasteiger partial charge >= 0.3 is 0 Å². The lowest BCUT2D eigenvalue weighted by molar-refractivity contribution is 0.792. The number of benzene rings is 2. The van der Waals surface area contributed by atoms with Gasteiger partial charge in [0, 0.05) is 24.5 Å². The Hall–Kier alpha value is -2.40. The highest BCUT2D eigenvalue weighted by atomic mass is 32.1. The largest absolute Gasteiger partial charge is 0.372 e. The predicted molar refractivity (Wildman–Crippen MR) is 117 cm³/mol. The molecular weight excluding hydrogens is 340 g/mol. The summed E-state index contributed by atoms with van der Waals surface area (Å²) in [7, 11) is 0. The number of hydrogen-bond acceptors (Lipinski definition) is 3. The van der Waals surface area contributed by atoms with Crippen LogP contribution < -0.4 is 15.6 Å². The van der Waals surface area contributed by atoms with E-state index < -0.39 is 0 Å². The summed E-state index contributed by atoms with van der Waals surface area (Å²) in [5, 5.41) is 7.93. The van der Waals surface area contributed by atoms with Gasteiger partial charge in [-0.25, -0.2) is 0 Å². The lowest BCUT2D eigenvalue weighted by Gasteiger charge is -2.22. The summed E-state index contributed by atoms with van der Waals surface area (Å²) in [5.41, 5.74) is 8.49. The minimum absolute atomic E-state index is 0.482. The number of aryl methyl sites for hydroxylation is 2. The first kappa shape index (κ1) is 19.9. The van der Waals surface area contributed by atoms with Gasteiger partial charge in [0.1, 0.15) is 0 Å². The van der Waals surface area contributed by atoms with Crippen molar-refractivity contribution in [1.29, 1.82) is 0 Å². The molecule has 0 saturated carbocycles. The van der Waals surface area contributed by atoms with Crippen LogP contribution in [0.1, 0.15) is 37.0 Å². The summed E-state index contributed by atoms with van der Waals surface area (Å²) in [6.07, 6.45) is 2.92. The van der Waals surface area contributed by atoms with Crippen molar-refractivity contribution < 1.29 is 0 Å². The van der Waals surface area contributed by atoms with Crippen LogP contribution in [0, 0.1) is 13.8 Å². The van der Waals surface area contributed by atoms with Crippen molar-refractivity contribution in [3.8, 4) is 0 Å². The lowest BCUT2D eigenvalue weighted by Crippen LogP contribution is -2.24. The highest BCUT2D eigenvalue weighted by Crippen LogP contribution is 2.19. The van der Waals surface area contributed by atoms with Gasteiger partial charge in [-0.3, -0.25) is 5.43 Å². The molecule has 0 fully saturated rings. The maximum atomic E-state index is 5.33. The van der Waals surface area contributed by atoms with E-state index in [1.54, 1.807) is 6.21 Å². The second-order valence-corrected chi connectivity index (χ2v) is 6.67. The van der Waals surface area contributed by atoms with E-state index in [0.29, 0.717) is 5.11 Å². The maximum absolute atomic E-state index is 5.33. The summed E-state index contributed by atoms with van der Waals surface area (Å²) in [5.74, 6) is 0. The van der Waals surface area contributed by atoms with Crippen molar-refractivity contribution >= 4 is 34.9 Å². The Bertz CT molecular complexity index is 733. The standard InChI is InChI=1S/C21H28N4S/c1-5-14-25(6-2)19-12-10-18(11-13-19)15-22-24-21(26)23-20-16(3)8-7-9-17(20)4/h7-13,15H,5-6,14H2,1-4H3,(H2,23,24,26)/b22-15+. The molecule has 5 heteroatoms. The van der Waals surface area contributed by atoms with E-state index in [0.717, 1.165) is 41.9 Å². The Morgan fingerprint density at radius 1 is 1.08 bits per heavy atom. The molecule has 2 N–H and O–H groups in total. The predicted octanol–water partition coefficient (Wildman–Crippen LogP) is 4.86. The van der Waals surface area contributed by atoms with E-state index in [-0.39, 0.29) is 0 Å². The molecule has 0 aromatic heterocycles. The van der Waals surface area contributed by atoms with E-state index in [9.17, 15) is 0 Å². The SMILES string of the molecule is CCCN(CC)c1ccc(/C=N/NC(=S)Nc2c(C)cccc2C)cc1. The zero-order chi connectivity index (χ0) is 18.9. The monoisotopic (exact) mass is 368 g/mol. The van der Waals surface area contributed by atoms with Crippen molar-refractivity contribution in [2.75, 3.05) is 23.3 Å². The van der Waals surface area contributed by atoms with Crippen LogP contribution in [0.25, 0.3) is 0 Å². The van der Waals surface area contributed by atoms with Gasteiger partial charge in [0.2, 0.25) is 0 Å². The van der Waals surface area contributed by atoms with E-state index in [1.165, 1.54) is 5.69 Å². The number of anilines is 2. The molecule has 0 atom stereocenters.